The van der Waals surface area contributed by atoms with Gasteiger partial charge in [0.15, 0.2) is 11.5 Å². The van der Waals surface area contributed by atoms with Gasteiger partial charge < -0.3 is 15.2 Å². The highest BCUT2D eigenvalue weighted by Crippen LogP contribution is 2.43. The molecular weight excluding hydrogens is 382 g/mol. The first-order valence-electron chi connectivity index (χ1n) is 9.90. The number of ether oxygens (including phenoxy) is 1. The van der Waals surface area contributed by atoms with E-state index in [1.165, 1.54) is 0 Å². The molecule has 0 radical (unpaired) electrons. The number of aromatic amines is 1. The molecule has 3 N–H and O–H groups in total. The van der Waals surface area contributed by atoms with Crippen molar-refractivity contribution in [2.45, 2.75) is 37.8 Å². The van der Waals surface area contributed by atoms with Gasteiger partial charge in [-0.2, -0.15) is 10.2 Å². The van der Waals surface area contributed by atoms with Gasteiger partial charge in [-0.15, -0.1) is 5.11 Å². The van der Waals surface area contributed by atoms with Gasteiger partial charge >= 0.3 is 5.97 Å². The van der Waals surface area contributed by atoms with Crippen molar-refractivity contribution >= 4 is 23.2 Å². The van der Waals surface area contributed by atoms with E-state index in [0.29, 0.717) is 18.5 Å². The maximum absolute atomic E-state index is 12.7. The Morgan fingerprint density at radius 1 is 1.17 bits per heavy atom. The summed E-state index contributed by atoms with van der Waals surface area (Å²) >= 11 is 0. The number of hydrogen-bond donors (Lipinski definition) is 3. The summed E-state index contributed by atoms with van der Waals surface area (Å²) in [6, 6.07) is 18.3. The second-order valence-electron chi connectivity index (χ2n) is 7.24. The van der Waals surface area contributed by atoms with Crippen LogP contribution in [-0.2, 0) is 15.1 Å². The Kier molecular flexibility index (Phi) is 5.47. The van der Waals surface area contributed by atoms with Crippen LogP contribution in [0.5, 0.6) is 5.88 Å². The first-order chi connectivity index (χ1) is 14.6. The van der Waals surface area contributed by atoms with E-state index in [4.69, 9.17) is 4.74 Å². The van der Waals surface area contributed by atoms with Crippen molar-refractivity contribution in [1.29, 1.82) is 0 Å². The minimum Gasteiger partial charge on any atom is -0.492 e. The predicted molar refractivity (Wildman–Crippen MR) is 112 cm³/mol. The molecule has 2 aromatic carbocycles. The number of anilines is 1. The van der Waals surface area contributed by atoms with Crippen LogP contribution in [0.3, 0.4) is 0 Å². The number of esters is 1. The minimum absolute atomic E-state index is 0.138. The number of azo groups is 1. The van der Waals surface area contributed by atoms with Crippen LogP contribution in [0, 0.1) is 0 Å². The Bertz CT molecular complexity index is 1040. The van der Waals surface area contributed by atoms with E-state index in [2.05, 4.69) is 32.7 Å². The van der Waals surface area contributed by atoms with Gasteiger partial charge in [0.2, 0.25) is 5.88 Å². The molecule has 8 nitrogen and oxygen atoms in total. The zero-order valence-electron chi connectivity index (χ0n) is 16.6. The average Bonchev–Trinajstić information content (AvgIpc) is 3.28. The van der Waals surface area contributed by atoms with E-state index in [1.54, 1.807) is 12.1 Å². The number of carbonyl (C=O) groups excluding carboxylic acids is 1. The number of aromatic nitrogens is 2. The van der Waals surface area contributed by atoms with Crippen molar-refractivity contribution < 1.29 is 14.6 Å². The second-order valence-corrected chi connectivity index (χ2v) is 7.24. The molecule has 3 aromatic rings. The van der Waals surface area contributed by atoms with E-state index in [1.807, 2.05) is 48.5 Å². The molecule has 8 heteroatoms. The Labute approximate surface area is 174 Å². The topological polar surface area (TPSA) is 112 Å². The van der Waals surface area contributed by atoms with Crippen LogP contribution in [0.25, 0.3) is 0 Å². The zero-order valence-corrected chi connectivity index (χ0v) is 16.6. The van der Waals surface area contributed by atoms with Crippen LogP contribution in [0.2, 0.25) is 0 Å². The average molecular weight is 405 g/mol. The number of nitrogens with zero attached hydrogens (tertiary/aromatic N) is 3. The Balaban J connectivity index is 1.57. The quantitative estimate of drug-likeness (QED) is 0.380. The minimum atomic E-state index is -0.686. The number of aromatic hydroxyl groups is 1. The second kappa shape index (κ2) is 8.36. The number of benzene rings is 2. The van der Waals surface area contributed by atoms with Gasteiger partial charge in [0.1, 0.15) is 11.6 Å². The lowest BCUT2D eigenvalue weighted by atomic mass is 9.85. The summed E-state index contributed by atoms with van der Waals surface area (Å²) < 4.78 is 5.88. The highest BCUT2D eigenvalue weighted by molar-refractivity contribution is 5.83. The van der Waals surface area contributed by atoms with Crippen molar-refractivity contribution in [2.75, 3.05) is 5.32 Å². The summed E-state index contributed by atoms with van der Waals surface area (Å²) in [5, 5.41) is 27.9. The van der Waals surface area contributed by atoms with Crippen molar-refractivity contribution in [3.05, 3.63) is 66.2 Å². The SMILES string of the molecule is CCCC1(c2ccccc2)CC(Nc2n[nH]c(O)c2N=Nc2ccccc2)C(=O)O1. The Morgan fingerprint density at radius 3 is 2.57 bits per heavy atom. The fourth-order valence-electron chi connectivity index (χ4n) is 3.74. The van der Waals surface area contributed by atoms with Crippen molar-refractivity contribution in [3.8, 4) is 5.88 Å². The smallest absolute Gasteiger partial charge is 0.329 e. The van der Waals surface area contributed by atoms with Crippen molar-refractivity contribution in [1.82, 2.24) is 10.2 Å². The van der Waals surface area contributed by atoms with Crippen LogP contribution in [0.15, 0.2) is 70.9 Å². The van der Waals surface area contributed by atoms with Crippen LogP contribution in [0.1, 0.15) is 31.7 Å². The molecule has 2 heterocycles. The highest BCUT2D eigenvalue weighted by atomic mass is 16.6. The highest BCUT2D eigenvalue weighted by Gasteiger charge is 2.47. The molecule has 1 aromatic heterocycles. The number of carbonyl (C=O) groups is 1. The molecule has 1 fully saturated rings. The van der Waals surface area contributed by atoms with E-state index < -0.39 is 11.6 Å². The lowest BCUT2D eigenvalue weighted by molar-refractivity contribution is -0.150. The van der Waals surface area contributed by atoms with E-state index >= 15 is 0 Å². The first kappa shape index (κ1) is 19.6. The lowest BCUT2D eigenvalue weighted by Crippen LogP contribution is -2.27. The van der Waals surface area contributed by atoms with Gasteiger partial charge in [-0.1, -0.05) is 61.9 Å². The summed E-state index contributed by atoms with van der Waals surface area (Å²) in [6.07, 6.45) is 2.04. The van der Waals surface area contributed by atoms with E-state index in [0.717, 1.165) is 12.0 Å². The van der Waals surface area contributed by atoms with Gasteiger partial charge in [-0.05, 0) is 24.1 Å². The molecular formula is C22H23N5O3. The maximum atomic E-state index is 12.7. The number of hydrogen-bond acceptors (Lipinski definition) is 7. The normalized spacial score (nSPS) is 21.1. The lowest BCUT2D eigenvalue weighted by Gasteiger charge is -2.27. The van der Waals surface area contributed by atoms with Gasteiger partial charge in [0, 0.05) is 6.42 Å². The molecule has 0 spiro atoms. The maximum Gasteiger partial charge on any atom is 0.329 e. The van der Waals surface area contributed by atoms with Crippen LogP contribution in [-0.4, -0.2) is 27.3 Å². The van der Waals surface area contributed by atoms with Gasteiger partial charge in [-0.3, -0.25) is 0 Å². The molecule has 154 valence electrons. The molecule has 0 amide bonds. The molecule has 1 aliphatic rings. The van der Waals surface area contributed by atoms with Gasteiger partial charge in [0.05, 0.1) is 5.69 Å². The summed E-state index contributed by atoms with van der Waals surface area (Å²) in [7, 11) is 0. The molecule has 0 saturated carbocycles. The third-order valence-corrected chi connectivity index (χ3v) is 5.12. The third-order valence-electron chi connectivity index (χ3n) is 5.12. The predicted octanol–water partition coefficient (Wildman–Crippen LogP) is 4.95. The van der Waals surface area contributed by atoms with E-state index in [-0.39, 0.29) is 23.4 Å². The van der Waals surface area contributed by atoms with Crippen molar-refractivity contribution in [3.63, 3.8) is 0 Å². The van der Waals surface area contributed by atoms with Crippen molar-refractivity contribution in [2.24, 2.45) is 10.2 Å². The van der Waals surface area contributed by atoms with Crippen LogP contribution < -0.4 is 5.32 Å². The molecule has 0 aliphatic carbocycles. The summed E-state index contributed by atoms with van der Waals surface area (Å²) in [5.74, 6) is -0.346. The Morgan fingerprint density at radius 2 is 1.87 bits per heavy atom. The fourth-order valence-corrected chi connectivity index (χ4v) is 3.74. The molecule has 4 rings (SSSR count). The standard InChI is InChI=1S/C22H23N5O3/c1-2-13-22(15-9-5-3-6-10-15)14-17(21(29)30-22)23-19-18(20(28)27-26-19)25-24-16-11-7-4-8-12-16/h3-12,17H,2,13-14H2,1H3,(H3,23,26,27,28). The summed E-state index contributed by atoms with van der Waals surface area (Å²) in [6.45, 7) is 2.06. The monoisotopic (exact) mass is 405 g/mol. The summed E-state index contributed by atoms with van der Waals surface area (Å²) in [5.41, 5.74) is 1.06. The zero-order chi connectivity index (χ0) is 21.0. The van der Waals surface area contributed by atoms with Gasteiger partial charge in [0.25, 0.3) is 0 Å². The van der Waals surface area contributed by atoms with Gasteiger partial charge in [-0.25, -0.2) is 9.89 Å². The number of H-pyrrole nitrogens is 1. The molecule has 30 heavy (non-hydrogen) atoms. The van der Waals surface area contributed by atoms with E-state index in [9.17, 15) is 9.90 Å². The fraction of sp³-hybridized carbons (Fsp3) is 0.273. The number of rotatable bonds is 7. The molecule has 1 saturated heterocycles. The molecule has 1 aliphatic heterocycles. The third kappa shape index (κ3) is 3.89. The molecule has 0 bridgehead atoms. The molecule has 2 unspecified atom stereocenters. The first-order valence-corrected chi connectivity index (χ1v) is 9.90. The largest absolute Gasteiger partial charge is 0.492 e. The van der Waals surface area contributed by atoms with Crippen LogP contribution in [0.4, 0.5) is 17.2 Å². The molecule has 2 atom stereocenters. The van der Waals surface area contributed by atoms with Crippen LogP contribution >= 0.6 is 0 Å². The number of nitrogens with one attached hydrogen (secondary N) is 2. The Hall–Kier alpha value is -3.68. The number of cyclic esters (lactones) is 1. The summed E-state index contributed by atoms with van der Waals surface area (Å²) in [4.78, 5) is 12.7.